The third kappa shape index (κ3) is 4.49. The van der Waals surface area contributed by atoms with Crippen molar-refractivity contribution in [3.63, 3.8) is 0 Å². The van der Waals surface area contributed by atoms with Gasteiger partial charge in [-0.15, -0.1) is 6.58 Å². The summed E-state index contributed by atoms with van der Waals surface area (Å²) in [6.07, 6.45) is 3.06. The second-order valence-electron chi connectivity index (χ2n) is 6.83. The highest BCUT2D eigenvalue weighted by Gasteiger charge is 2.11. The number of benzene rings is 2. The number of ether oxygens (including phenoxy) is 1. The Balaban J connectivity index is 1.67. The van der Waals surface area contributed by atoms with E-state index in [0.717, 1.165) is 17.5 Å². The molecule has 0 aliphatic rings. The fourth-order valence-electron chi connectivity index (χ4n) is 3.38. The zero-order valence-electron chi connectivity index (χ0n) is 15.8. The van der Waals surface area contributed by atoms with Crippen molar-refractivity contribution in [1.29, 1.82) is 0 Å². The molecule has 0 amide bonds. The lowest BCUT2D eigenvalue weighted by molar-refractivity contribution is -0.146. The number of para-hydroxylation sites is 2. The van der Waals surface area contributed by atoms with Crippen LogP contribution in [-0.2, 0) is 16.1 Å². The summed E-state index contributed by atoms with van der Waals surface area (Å²) < 4.78 is 7.22. The molecule has 0 radical (unpaired) electrons. The molecule has 1 N–H and O–H groups in total. The van der Waals surface area contributed by atoms with Crippen LogP contribution < -0.4 is 5.43 Å². The fourth-order valence-corrected chi connectivity index (χ4v) is 3.38. The number of hydrogen-bond acceptors (Lipinski definition) is 4. The van der Waals surface area contributed by atoms with Crippen molar-refractivity contribution in [3.8, 4) is 0 Å². The van der Waals surface area contributed by atoms with Crippen LogP contribution in [-0.4, -0.2) is 28.4 Å². The van der Waals surface area contributed by atoms with E-state index >= 15 is 0 Å². The molecule has 0 aliphatic heterocycles. The van der Waals surface area contributed by atoms with Crippen LogP contribution in [0.15, 0.2) is 66.0 Å². The number of hydrogen-bond donors (Lipinski definition) is 1. The molecule has 0 saturated heterocycles. The monoisotopic (exact) mass is 379 g/mol. The van der Waals surface area contributed by atoms with E-state index in [9.17, 15) is 14.7 Å². The summed E-state index contributed by atoms with van der Waals surface area (Å²) in [5.41, 5.74) is 1.85. The van der Waals surface area contributed by atoms with Crippen molar-refractivity contribution in [3.05, 3.63) is 71.4 Å². The molecule has 0 bridgehead atoms. The highest BCUT2D eigenvalue weighted by Crippen LogP contribution is 2.20. The van der Waals surface area contributed by atoms with Crippen molar-refractivity contribution in [2.24, 2.45) is 0 Å². The molecule has 2 aromatic carbocycles. The smallest absolute Gasteiger partial charge is 0.305 e. The van der Waals surface area contributed by atoms with Gasteiger partial charge >= 0.3 is 5.97 Å². The van der Waals surface area contributed by atoms with Crippen LogP contribution in [0.25, 0.3) is 21.8 Å². The molecule has 1 atom stereocenters. The predicted molar refractivity (Wildman–Crippen MR) is 111 cm³/mol. The second kappa shape index (κ2) is 9.33. The van der Waals surface area contributed by atoms with Crippen molar-refractivity contribution < 1.29 is 14.6 Å². The third-order valence-electron chi connectivity index (χ3n) is 4.77. The molecule has 3 aromatic rings. The summed E-state index contributed by atoms with van der Waals surface area (Å²) in [7, 11) is 0. The van der Waals surface area contributed by atoms with Crippen LogP contribution in [0.2, 0.25) is 0 Å². The van der Waals surface area contributed by atoms with E-state index in [4.69, 9.17) is 4.74 Å². The summed E-state index contributed by atoms with van der Waals surface area (Å²) in [5, 5.41) is 11.0. The fraction of sp³-hybridized carbons (Fsp3) is 0.304. The largest absolute Gasteiger partial charge is 0.463 e. The van der Waals surface area contributed by atoms with Crippen LogP contribution in [0.1, 0.15) is 25.7 Å². The molecule has 1 heterocycles. The van der Waals surface area contributed by atoms with Gasteiger partial charge in [0, 0.05) is 23.7 Å². The van der Waals surface area contributed by atoms with Crippen molar-refractivity contribution >= 4 is 27.8 Å². The molecule has 146 valence electrons. The SMILES string of the molecule is C=CCC(O)COC(=O)CCCCn1c2ccccc2c(=O)c2ccccc21. The van der Waals surface area contributed by atoms with E-state index in [1.165, 1.54) is 0 Å². The Bertz CT molecular complexity index is 978. The molecule has 3 rings (SSSR count). The first-order valence-electron chi connectivity index (χ1n) is 9.56. The van der Waals surface area contributed by atoms with Gasteiger partial charge in [0.15, 0.2) is 5.43 Å². The first-order chi connectivity index (χ1) is 13.6. The van der Waals surface area contributed by atoms with Gasteiger partial charge in [-0.2, -0.15) is 0 Å². The number of unbranched alkanes of at least 4 members (excludes halogenated alkanes) is 1. The van der Waals surface area contributed by atoms with Gasteiger partial charge in [0.1, 0.15) is 6.61 Å². The number of esters is 1. The molecular formula is C23H25NO4. The number of nitrogens with zero attached hydrogens (tertiary/aromatic N) is 1. The molecular weight excluding hydrogens is 354 g/mol. The molecule has 0 aliphatic carbocycles. The highest BCUT2D eigenvalue weighted by molar-refractivity contribution is 5.93. The van der Waals surface area contributed by atoms with Gasteiger partial charge in [-0.1, -0.05) is 30.3 Å². The standard InChI is InChI=1S/C23H25NO4/c1-2-9-17(25)16-28-22(26)14-7-8-15-24-20-12-5-3-10-18(20)23(27)19-11-4-6-13-21(19)24/h2-6,10-13,17,25H,1,7-9,14-16H2. The minimum atomic E-state index is -0.694. The quantitative estimate of drug-likeness (QED) is 0.266. The number of carbonyl (C=O) groups excluding carboxylic acids is 1. The van der Waals surface area contributed by atoms with E-state index in [2.05, 4.69) is 11.1 Å². The number of aromatic nitrogens is 1. The zero-order valence-corrected chi connectivity index (χ0v) is 15.8. The lowest BCUT2D eigenvalue weighted by Gasteiger charge is -2.15. The van der Waals surface area contributed by atoms with Gasteiger partial charge in [0.2, 0.25) is 0 Å². The Kier molecular flexibility index (Phi) is 6.61. The maximum atomic E-state index is 12.7. The summed E-state index contributed by atoms with van der Waals surface area (Å²) in [6, 6.07) is 15.2. The summed E-state index contributed by atoms with van der Waals surface area (Å²) in [6.45, 7) is 4.25. The molecule has 0 saturated carbocycles. The highest BCUT2D eigenvalue weighted by atomic mass is 16.5. The van der Waals surface area contributed by atoms with E-state index in [-0.39, 0.29) is 18.0 Å². The van der Waals surface area contributed by atoms with Gasteiger partial charge in [0.25, 0.3) is 0 Å². The van der Waals surface area contributed by atoms with Crippen LogP contribution in [0.4, 0.5) is 0 Å². The molecule has 0 spiro atoms. The number of fused-ring (bicyclic) bond motifs is 2. The number of aliphatic hydroxyl groups is 1. The van der Waals surface area contributed by atoms with Gasteiger partial charge < -0.3 is 14.4 Å². The van der Waals surface area contributed by atoms with Crippen molar-refractivity contribution in [1.82, 2.24) is 4.57 Å². The van der Waals surface area contributed by atoms with Crippen molar-refractivity contribution in [2.45, 2.75) is 38.3 Å². The Morgan fingerprint density at radius 2 is 1.68 bits per heavy atom. The third-order valence-corrected chi connectivity index (χ3v) is 4.77. The number of rotatable bonds is 9. The van der Waals surface area contributed by atoms with Gasteiger partial charge in [-0.3, -0.25) is 9.59 Å². The van der Waals surface area contributed by atoms with Crippen LogP contribution >= 0.6 is 0 Å². The molecule has 5 heteroatoms. The summed E-state index contributed by atoms with van der Waals surface area (Å²) >= 11 is 0. The van der Waals surface area contributed by atoms with Crippen LogP contribution in [0.5, 0.6) is 0 Å². The van der Waals surface area contributed by atoms with E-state index in [1.54, 1.807) is 6.08 Å². The predicted octanol–water partition coefficient (Wildman–Crippen LogP) is 3.81. The topological polar surface area (TPSA) is 68.5 Å². The maximum Gasteiger partial charge on any atom is 0.305 e. The van der Waals surface area contributed by atoms with Crippen LogP contribution in [0.3, 0.4) is 0 Å². The van der Waals surface area contributed by atoms with Gasteiger partial charge in [0.05, 0.1) is 17.1 Å². The van der Waals surface area contributed by atoms with Gasteiger partial charge in [-0.25, -0.2) is 0 Å². The Morgan fingerprint density at radius 3 is 2.29 bits per heavy atom. The molecule has 0 fully saturated rings. The number of pyridine rings is 1. The Hall–Kier alpha value is -2.92. The van der Waals surface area contributed by atoms with E-state index in [1.807, 2.05) is 48.5 Å². The lowest BCUT2D eigenvalue weighted by atomic mass is 10.1. The maximum absolute atomic E-state index is 12.7. The summed E-state index contributed by atoms with van der Waals surface area (Å²) in [5.74, 6) is -0.308. The summed E-state index contributed by atoms with van der Waals surface area (Å²) in [4.78, 5) is 24.6. The Labute approximate surface area is 163 Å². The number of carbonyl (C=O) groups is 1. The zero-order chi connectivity index (χ0) is 19.9. The van der Waals surface area contributed by atoms with E-state index in [0.29, 0.717) is 36.6 Å². The number of aryl methyl sites for hydroxylation is 1. The normalized spacial score (nSPS) is 12.2. The first-order valence-corrected chi connectivity index (χ1v) is 9.56. The average Bonchev–Trinajstić information content (AvgIpc) is 2.72. The minimum absolute atomic E-state index is 0.000158. The molecule has 1 aromatic heterocycles. The van der Waals surface area contributed by atoms with Gasteiger partial charge in [-0.05, 0) is 43.5 Å². The Morgan fingerprint density at radius 1 is 1.07 bits per heavy atom. The minimum Gasteiger partial charge on any atom is -0.463 e. The average molecular weight is 379 g/mol. The molecule has 5 nitrogen and oxygen atoms in total. The molecule has 1 unspecified atom stereocenters. The van der Waals surface area contributed by atoms with Crippen LogP contribution in [0, 0.1) is 0 Å². The molecule has 28 heavy (non-hydrogen) atoms. The lowest BCUT2D eigenvalue weighted by Crippen LogP contribution is -2.17. The first kappa shape index (κ1) is 19.8. The number of aliphatic hydroxyl groups excluding tert-OH is 1. The second-order valence-corrected chi connectivity index (χ2v) is 6.83. The van der Waals surface area contributed by atoms with E-state index < -0.39 is 6.10 Å². The van der Waals surface area contributed by atoms with Crippen molar-refractivity contribution in [2.75, 3.05) is 6.61 Å².